The van der Waals surface area contributed by atoms with E-state index in [-0.39, 0.29) is 0 Å². The summed E-state index contributed by atoms with van der Waals surface area (Å²) in [6.45, 7) is 6.11. The fourth-order valence-corrected chi connectivity index (χ4v) is 3.77. The van der Waals surface area contributed by atoms with Crippen molar-refractivity contribution in [1.29, 1.82) is 0 Å². The van der Waals surface area contributed by atoms with Crippen LogP contribution in [0.5, 0.6) is 0 Å². The van der Waals surface area contributed by atoms with E-state index >= 15 is 0 Å². The average Bonchev–Trinajstić information content (AvgIpc) is 2.90. The van der Waals surface area contributed by atoms with Crippen LogP contribution in [-0.2, 0) is 4.79 Å². The molecule has 1 unspecified atom stereocenters. The maximum atomic E-state index is 12.2. The lowest BCUT2D eigenvalue weighted by atomic mass is 9.84. The largest absolute Gasteiger partial charge is 0.340 e. The van der Waals surface area contributed by atoms with Gasteiger partial charge in [0.05, 0.1) is 0 Å². The number of hydrogen-bond acceptors (Lipinski definition) is 3. The van der Waals surface area contributed by atoms with E-state index in [0.29, 0.717) is 17.9 Å². The molecule has 1 saturated heterocycles. The van der Waals surface area contributed by atoms with Crippen LogP contribution >= 0.6 is 11.3 Å². The summed E-state index contributed by atoms with van der Waals surface area (Å²) >= 11 is 1.83. The molecule has 0 radical (unpaired) electrons. The molecule has 1 saturated carbocycles. The predicted octanol–water partition coefficient (Wildman–Crippen LogP) is 2.75. The zero-order valence-corrected chi connectivity index (χ0v) is 12.4. The van der Waals surface area contributed by atoms with E-state index in [0.717, 1.165) is 39.0 Å². The first-order valence-electron chi connectivity index (χ1n) is 7.32. The van der Waals surface area contributed by atoms with Gasteiger partial charge in [-0.25, -0.2) is 0 Å². The molecule has 19 heavy (non-hydrogen) atoms. The topological polar surface area (TPSA) is 23.6 Å². The summed E-state index contributed by atoms with van der Waals surface area (Å²) in [7, 11) is 0. The number of carbonyl (C=O) groups is 1. The van der Waals surface area contributed by atoms with Crippen molar-refractivity contribution < 1.29 is 4.79 Å². The molecular formula is C15H22N2OS. The lowest BCUT2D eigenvalue weighted by Gasteiger charge is -2.40. The first kappa shape index (κ1) is 13.1. The molecule has 3 nitrogen and oxygen atoms in total. The summed E-state index contributed by atoms with van der Waals surface area (Å²) < 4.78 is 0. The summed E-state index contributed by atoms with van der Waals surface area (Å²) in [5.41, 5.74) is 0. The molecule has 1 atom stereocenters. The zero-order chi connectivity index (χ0) is 13.2. The van der Waals surface area contributed by atoms with Gasteiger partial charge in [-0.1, -0.05) is 12.5 Å². The highest BCUT2D eigenvalue weighted by Crippen LogP contribution is 2.30. The second-order valence-corrected chi connectivity index (χ2v) is 6.66. The van der Waals surface area contributed by atoms with Gasteiger partial charge in [0.25, 0.3) is 0 Å². The lowest BCUT2D eigenvalue weighted by Crippen LogP contribution is -2.51. The van der Waals surface area contributed by atoms with Gasteiger partial charge < -0.3 is 4.90 Å². The molecule has 104 valence electrons. The Kier molecular flexibility index (Phi) is 3.89. The highest BCUT2D eigenvalue weighted by molar-refractivity contribution is 7.10. The van der Waals surface area contributed by atoms with Crippen LogP contribution in [0.2, 0.25) is 0 Å². The molecule has 0 spiro atoms. The van der Waals surface area contributed by atoms with Crippen LogP contribution < -0.4 is 0 Å². The minimum absolute atomic E-state index is 0.348. The van der Waals surface area contributed by atoms with Crippen molar-refractivity contribution >= 4 is 17.2 Å². The number of rotatable bonds is 3. The Hall–Kier alpha value is -0.870. The molecule has 2 heterocycles. The Morgan fingerprint density at radius 1 is 1.32 bits per heavy atom. The second-order valence-electron chi connectivity index (χ2n) is 5.68. The standard InChI is InChI=1S/C15H22N2OS/c1-12(14-6-3-11-19-14)16-7-9-17(10-8-16)15(18)13-4-2-5-13/h3,6,11-13H,2,4-5,7-10H2,1H3. The monoisotopic (exact) mass is 278 g/mol. The van der Waals surface area contributed by atoms with Crippen molar-refractivity contribution in [1.82, 2.24) is 9.80 Å². The van der Waals surface area contributed by atoms with E-state index < -0.39 is 0 Å². The van der Waals surface area contributed by atoms with Crippen LogP contribution in [0.25, 0.3) is 0 Å². The summed E-state index contributed by atoms with van der Waals surface area (Å²) in [6.07, 6.45) is 3.47. The number of hydrogen-bond donors (Lipinski definition) is 0. The first-order chi connectivity index (χ1) is 9.25. The van der Waals surface area contributed by atoms with Crippen molar-refractivity contribution in [3.8, 4) is 0 Å². The molecule has 0 aromatic carbocycles. The minimum Gasteiger partial charge on any atom is -0.340 e. The molecule has 1 aliphatic carbocycles. The van der Waals surface area contributed by atoms with E-state index in [2.05, 4.69) is 34.2 Å². The Labute approximate surface area is 119 Å². The Balaban J connectivity index is 1.53. The van der Waals surface area contributed by atoms with E-state index in [1.807, 2.05) is 11.3 Å². The molecule has 0 N–H and O–H groups in total. The summed E-state index contributed by atoms with van der Waals surface area (Å²) in [6, 6.07) is 4.81. The van der Waals surface area contributed by atoms with Gasteiger partial charge in [0.2, 0.25) is 5.91 Å². The number of piperazine rings is 1. The van der Waals surface area contributed by atoms with Gasteiger partial charge in [0.15, 0.2) is 0 Å². The summed E-state index contributed by atoms with van der Waals surface area (Å²) in [5.74, 6) is 0.760. The normalized spacial score (nSPS) is 23.1. The number of thiophene rings is 1. The molecule has 0 bridgehead atoms. The van der Waals surface area contributed by atoms with Crippen LogP contribution in [0.3, 0.4) is 0 Å². The van der Waals surface area contributed by atoms with Crippen LogP contribution in [0.1, 0.15) is 37.1 Å². The van der Waals surface area contributed by atoms with Crippen molar-refractivity contribution in [2.24, 2.45) is 5.92 Å². The van der Waals surface area contributed by atoms with Gasteiger partial charge in [0.1, 0.15) is 0 Å². The maximum Gasteiger partial charge on any atom is 0.225 e. The van der Waals surface area contributed by atoms with E-state index in [1.54, 1.807) is 0 Å². The van der Waals surface area contributed by atoms with Crippen LogP contribution in [0, 0.1) is 5.92 Å². The van der Waals surface area contributed by atoms with Gasteiger partial charge in [-0.15, -0.1) is 11.3 Å². The van der Waals surface area contributed by atoms with Gasteiger partial charge in [0, 0.05) is 43.0 Å². The van der Waals surface area contributed by atoms with E-state index in [9.17, 15) is 4.79 Å². The first-order valence-corrected chi connectivity index (χ1v) is 8.20. The van der Waals surface area contributed by atoms with Crippen molar-refractivity contribution in [2.45, 2.75) is 32.2 Å². The third-order valence-electron chi connectivity index (χ3n) is 4.58. The predicted molar refractivity (Wildman–Crippen MR) is 78.2 cm³/mol. The third-order valence-corrected chi connectivity index (χ3v) is 5.63. The minimum atomic E-state index is 0.348. The van der Waals surface area contributed by atoms with Crippen LogP contribution in [-0.4, -0.2) is 41.9 Å². The molecule has 1 aromatic heterocycles. The van der Waals surface area contributed by atoms with E-state index in [1.165, 1.54) is 11.3 Å². The quantitative estimate of drug-likeness (QED) is 0.849. The zero-order valence-electron chi connectivity index (χ0n) is 11.5. The van der Waals surface area contributed by atoms with Crippen molar-refractivity contribution in [3.05, 3.63) is 22.4 Å². The van der Waals surface area contributed by atoms with Crippen LogP contribution in [0.4, 0.5) is 0 Å². The fraction of sp³-hybridized carbons (Fsp3) is 0.667. The molecule has 4 heteroatoms. The molecule has 2 fully saturated rings. The third kappa shape index (κ3) is 2.70. The lowest BCUT2D eigenvalue weighted by molar-refractivity contribution is -0.140. The second kappa shape index (κ2) is 5.63. The van der Waals surface area contributed by atoms with E-state index in [4.69, 9.17) is 0 Å². The average molecular weight is 278 g/mol. The molecule has 2 aliphatic rings. The maximum absolute atomic E-state index is 12.2. The van der Waals surface area contributed by atoms with Gasteiger partial charge in [-0.3, -0.25) is 9.69 Å². The smallest absolute Gasteiger partial charge is 0.225 e. The highest BCUT2D eigenvalue weighted by atomic mass is 32.1. The molecule has 1 aliphatic heterocycles. The SMILES string of the molecule is CC(c1cccs1)N1CCN(C(=O)C2CCC2)CC1. The molecule has 3 rings (SSSR count). The number of amides is 1. The Bertz CT molecular complexity index is 419. The van der Waals surface area contributed by atoms with Gasteiger partial charge >= 0.3 is 0 Å². The highest BCUT2D eigenvalue weighted by Gasteiger charge is 2.32. The molecule has 1 amide bonds. The fourth-order valence-electron chi connectivity index (χ4n) is 2.95. The Morgan fingerprint density at radius 2 is 2.05 bits per heavy atom. The van der Waals surface area contributed by atoms with Gasteiger partial charge in [-0.05, 0) is 31.2 Å². The number of nitrogens with zero attached hydrogens (tertiary/aromatic N) is 2. The molecule has 1 aromatic rings. The summed E-state index contributed by atoms with van der Waals surface area (Å²) in [5, 5.41) is 2.14. The molecular weight excluding hydrogens is 256 g/mol. The number of carbonyl (C=O) groups excluding carboxylic acids is 1. The van der Waals surface area contributed by atoms with Gasteiger partial charge in [-0.2, -0.15) is 0 Å². The van der Waals surface area contributed by atoms with Crippen molar-refractivity contribution in [3.63, 3.8) is 0 Å². The Morgan fingerprint density at radius 3 is 2.58 bits per heavy atom. The summed E-state index contributed by atoms with van der Waals surface area (Å²) in [4.78, 5) is 18.2. The van der Waals surface area contributed by atoms with Crippen LogP contribution in [0.15, 0.2) is 17.5 Å². The van der Waals surface area contributed by atoms with Crippen molar-refractivity contribution in [2.75, 3.05) is 26.2 Å².